The molecule has 2 rings (SSSR count). The van der Waals surface area contributed by atoms with E-state index in [4.69, 9.17) is 4.74 Å². The number of aromatic hydroxyl groups is 1. The zero-order chi connectivity index (χ0) is 17.9. The van der Waals surface area contributed by atoms with E-state index in [0.29, 0.717) is 18.9 Å². The molecular weight excluding hydrogens is 441 g/mol. The summed E-state index contributed by atoms with van der Waals surface area (Å²) >= 11 is 0. The third-order valence-electron chi connectivity index (χ3n) is 3.64. The van der Waals surface area contributed by atoms with Gasteiger partial charge in [-0.2, -0.15) is 0 Å². The summed E-state index contributed by atoms with van der Waals surface area (Å²) < 4.78 is 5.42. The fraction of sp³-hybridized carbons (Fsp3) is 0.350. The Kier molecular flexibility index (Phi) is 10.5. The van der Waals surface area contributed by atoms with Gasteiger partial charge in [-0.15, -0.1) is 24.0 Å². The van der Waals surface area contributed by atoms with E-state index in [-0.39, 0.29) is 29.7 Å². The summed E-state index contributed by atoms with van der Waals surface area (Å²) in [5, 5.41) is 16.4. The molecule has 0 atom stereocenters. The predicted molar refractivity (Wildman–Crippen MR) is 118 cm³/mol. The summed E-state index contributed by atoms with van der Waals surface area (Å²) in [6.07, 6.45) is 0.943. The molecule has 0 amide bonds. The Balaban J connectivity index is 0.00000338. The van der Waals surface area contributed by atoms with Crippen LogP contribution in [0.15, 0.2) is 53.5 Å². The number of guanidine groups is 1. The molecule has 6 heteroatoms. The monoisotopic (exact) mass is 469 g/mol. The van der Waals surface area contributed by atoms with Gasteiger partial charge in [0.15, 0.2) is 17.5 Å². The van der Waals surface area contributed by atoms with E-state index in [1.807, 2.05) is 32.0 Å². The molecule has 0 radical (unpaired) electrons. The van der Waals surface area contributed by atoms with Crippen LogP contribution in [0.25, 0.3) is 0 Å². The lowest BCUT2D eigenvalue weighted by atomic mass is 10.1. The van der Waals surface area contributed by atoms with Gasteiger partial charge in [0, 0.05) is 13.1 Å². The average molecular weight is 469 g/mol. The number of ether oxygens (including phenoxy) is 1. The van der Waals surface area contributed by atoms with Crippen molar-refractivity contribution in [3.63, 3.8) is 0 Å². The molecule has 26 heavy (non-hydrogen) atoms. The van der Waals surface area contributed by atoms with E-state index >= 15 is 0 Å². The van der Waals surface area contributed by atoms with Gasteiger partial charge >= 0.3 is 0 Å². The molecule has 0 bridgehead atoms. The highest BCUT2D eigenvalue weighted by molar-refractivity contribution is 14.0. The van der Waals surface area contributed by atoms with E-state index in [0.717, 1.165) is 31.0 Å². The van der Waals surface area contributed by atoms with Gasteiger partial charge in [0.1, 0.15) is 0 Å². The molecule has 142 valence electrons. The number of hydrogen-bond acceptors (Lipinski definition) is 3. The third kappa shape index (κ3) is 7.51. The van der Waals surface area contributed by atoms with E-state index < -0.39 is 0 Å². The van der Waals surface area contributed by atoms with Crippen LogP contribution in [0.1, 0.15) is 25.0 Å². The van der Waals surface area contributed by atoms with Crippen molar-refractivity contribution in [2.75, 3.05) is 19.7 Å². The molecule has 2 aromatic rings. The minimum Gasteiger partial charge on any atom is -0.504 e. The van der Waals surface area contributed by atoms with Gasteiger partial charge in [-0.1, -0.05) is 36.4 Å². The average Bonchev–Trinajstić information content (AvgIpc) is 2.63. The molecule has 0 aliphatic rings. The number of nitrogens with zero attached hydrogens (tertiary/aromatic N) is 1. The highest BCUT2D eigenvalue weighted by atomic mass is 127. The van der Waals surface area contributed by atoms with Gasteiger partial charge < -0.3 is 20.5 Å². The molecule has 0 unspecified atom stereocenters. The summed E-state index contributed by atoms with van der Waals surface area (Å²) in [4.78, 5) is 4.60. The molecule has 0 saturated heterocycles. The van der Waals surface area contributed by atoms with Crippen molar-refractivity contribution in [3.05, 3.63) is 59.7 Å². The van der Waals surface area contributed by atoms with Gasteiger partial charge in [-0.05, 0) is 43.5 Å². The Morgan fingerprint density at radius 2 is 1.81 bits per heavy atom. The van der Waals surface area contributed by atoms with Gasteiger partial charge in [0.25, 0.3) is 0 Å². The van der Waals surface area contributed by atoms with Gasteiger partial charge in [0.2, 0.25) is 0 Å². The molecule has 0 fully saturated rings. The summed E-state index contributed by atoms with van der Waals surface area (Å²) in [5.74, 6) is 1.43. The van der Waals surface area contributed by atoms with E-state index in [2.05, 4.69) is 39.9 Å². The molecule has 3 N–H and O–H groups in total. The normalized spacial score (nSPS) is 10.8. The number of phenolic OH excluding ortho intramolecular Hbond substituents is 1. The molecule has 5 nitrogen and oxygen atoms in total. The number of phenols is 1. The lowest BCUT2D eigenvalue weighted by Crippen LogP contribution is -2.38. The lowest BCUT2D eigenvalue weighted by molar-refractivity contribution is 0.318. The number of nitrogens with one attached hydrogen (secondary N) is 2. The number of benzene rings is 2. The first kappa shape index (κ1) is 22.1. The quantitative estimate of drug-likeness (QED) is 0.314. The number of rotatable bonds is 8. The largest absolute Gasteiger partial charge is 0.504 e. The highest BCUT2D eigenvalue weighted by Crippen LogP contribution is 2.27. The Morgan fingerprint density at radius 3 is 2.50 bits per heavy atom. The van der Waals surface area contributed by atoms with Gasteiger partial charge in [0.05, 0.1) is 13.2 Å². The van der Waals surface area contributed by atoms with Crippen molar-refractivity contribution in [3.8, 4) is 11.5 Å². The zero-order valence-corrected chi connectivity index (χ0v) is 17.7. The van der Waals surface area contributed by atoms with Gasteiger partial charge in [-0.3, -0.25) is 0 Å². The topological polar surface area (TPSA) is 65.9 Å². The van der Waals surface area contributed by atoms with Crippen molar-refractivity contribution in [2.24, 2.45) is 4.99 Å². The van der Waals surface area contributed by atoms with Crippen molar-refractivity contribution in [2.45, 2.75) is 26.8 Å². The molecule has 0 heterocycles. The van der Waals surface area contributed by atoms with Crippen LogP contribution in [0.4, 0.5) is 0 Å². The smallest absolute Gasteiger partial charge is 0.191 e. The van der Waals surface area contributed by atoms with Crippen molar-refractivity contribution >= 4 is 29.9 Å². The summed E-state index contributed by atoms with van der Waals surface area (Å²) in [7, 11) is 0. The SMILES string of the molecule is CCNC(=NCc1ccc(O)c(OCC)c1)NCCc1ccccc1.I. The van der Waals surface area contributed by atoms with Crippen LogP contribution in [0.3, 0.4) is 0 Å². The third-order valence-corrected chi connectivity index (χ3v) is 3.64. The minimum atomic E-state index is 0. The van der Waals surface area contributed by atoms with Crippen LogP contribution in [-0.4, -0.2) is 30.8 Å². The van der Waals surface area contributed by atoms with E-state index in [1.165, 1.54) is 5.56 Å². The standard InChI is InChI=1S/C20H27N3O2.HI/c1-3-21-20(22-13-12-16-8-6-5-7-9-16)23-15-17-10-11-18(24)19(14-17)25-4-2;/h5-11,14,24H,3-4,12-13,15H2,1-2H3,(H2,21,22,23);1H. The Bertz CT molecular complexity index is 678. The van der Waals surface area contributed by atoms with Gasteiger partial charge in [-0.25, -0.2) is 4.99 Å². The Morgan fingerprint density at radius 1 is 1.04 bits per heavy atom. The maximum atomic E-state index is 9.77. The fourth-order valence-electron chi connectivity index (χ4n) is 2.41. The highest BCUT2D eigenvalue weighted by Gasteiger charge is 2.04. The van der Waals surface area contributed by atoms with Crippen LogP contribution in [0.5, 0.6) is 11.5 Å². The van der Waals surface area contributed by atoms with E-state index in [1.54, 1.807) is 6.07 Å². The summed E-state index contributed by atoms with van der Waals surface area (Å²) in [6, 6.07) is 15.7. The zero-order valence-electron chi connectivity index (χ0n) is 15.4. The maximum absolute atomic E-state index is 9.77. The Hall–Kier alpha value is -1.96. The van der Waals surface area contributed by atoms with E-state index in [9.17, 15) is 5.11 Å². The summed E-state index contributed by atoms with van der Waals surface area (Å²) in [6.45, 7) is 6.59. The molecular formula is C20H28IN3O2. The summed E-state index contributed by atoms with van der Waals surface area (Å²) in [5.41, 5.74) is 2.28. The second-order valence-electron chi connectivity index (χ2n) is 5.59. The Labute approximate surface area is 172 Å². The second-order valence-corrected chi connectivity index (χ2v) is 5.59. The van der Waals surface area contributed by atoms with Crippen molar-refractivity contribution < 1.29 is 9.84 Å². The molecule has 0 aromatic heterocycles. The van der Waals surface area contributed by atoms with Crippen molar-refractivity contribution in [1.82, 2.24) is 10.6 Å². The van der Waals surface area contributed by atoms with Crippen LogP contribution in [0, 0.1) is 0 Å². The number of hydrogen-bond donors (Lipinski definition) is 3. The molecule has 0 spiro atoms. The lowest BCUT2D eigenvalue weighted by Gasteiger charge is -2.12. The van der Waals surface area contributed by atoms with Crippen LogP contribution < -0.4 is 15.4 Å². The van der Waals surface area contributed by atoms with Crippen LogP contribution in [-0.2, 0) is 13.0 Å². The first-order valence-electron chi connectivity index (χ1n) is 8.73. The van der Waals surface area contributed by atoms with Crippen LogP contribution in [0.2, 0.25) is 0 Å². The predicted octanol–water partition coefficient (Wildman–Crippen LogP) is 3.71. The second kappa shape index (κ2) is 12.4. The van der Waals surface area contributed by atoms with Crippen molar-refractivity contribution in [1.29, 1.82) is 0 Å². The molecule has 0 saturated carbocycles. The van der Waals surface area contributed by atoms with Crippen LogP contribution >= 0.6 is 24.0 Å². The first-order chi connectivity index (χ1) is 12.2. The fourth-order valence-corrected chi connectivity index (χ4v) is 2.41. The minimum absolute atomic E-state index is 0. The number of halogens is 1. The first-order valence-corrected chi connectivity index (χ1v) is 8.73. The number of aliphatic imine (C=N–C) groups is 1. The molecule has 0 aliphatic heterocycles. The maximum Gasteiger partial charge on any atom is 0.191 e. The molecule has 0 aliphatic carbocycles. The molecule has 2 aromatic carbocycles.